The van der Waals surface area contributed by atoms with Crippen LogP contribution in [-0.4, -0.2) is 63.7 Å². The lowest BCUT2D eigenvalue weighted by molar-refractivity contribution is -0.0247. The molecule has 27 heavy (non-hydrogen) atoms. The van der Waals surface area contributed by atoms with Gasteiger partial charge in [0.15, 0.2) is 0 Å². The Hall–Kier alpha value is 0.0738. The van der Waals surface area contributed by atoms with Crippen LogP contribution >= 0.6 is 0 Å². The maximum absolute atomic E-state index is 7.33. The second-order valence-corrected chi connectivity index (χ2v) is 6.19. The average Bonchev–Trinajstić information content (AvgIpc) is 2.16. The molecule has 0 unspecified atom stereocenters. The first kappa shape index (κ1) is 71.2. The fourth-order valence-corrected chi connectivity index (χ4v) is 2.87. The zero-order chi connectivity index (χ0) is 14.7. The molecule has 11 heteroatoms. The van der Waals surface area contributed by atoms with Gasteiger partial charge in [-0.25, -0.2) is 0 Å². The van der Waals surface area contributed by atoms with Crippen LogP contribution in [0.5, 0.6) is 0 Å². The normalized spacial score (nSPS) is 8.00. The minimum absolute atomic E-state index is 0. The molecule has 0 spiro atoms. The second-order valence-electron chi connectivity index (χ2n) is 2.83. The van der Waals surface area contributed by atoms with Crippen LogP contribution in [0.3, 0.4) is 0 Å². The van der Waals surface area contributed by atoms with Gasteiger partial charge in [0.1, 0.15) is 0 Å². The molecule has 0 rings (SSSR count). The van der Waals surface area contributed by atoms with E-state index in [1.54, 1.807) is 0 Å². The van der Waals surface area contributed by atoms with Gasteiger partial charge in [-0.3, -0.25) is 0 Å². The molecule has 7 N–H and O–H groups in total. The molecule has 0 fully saturated rings. The minimum atomic E-state index is -4.61. The minimum Gasteiger partial charge on any atom is -0.368 e. The van der Waals surface area contributed by atoms with E-state index in [-0.39, 0.29) is 65.6 Å². The Morgan fingerprint density at radius 2 is 0.593 bits per heavy atom. The summed E-state index contributed by atoms with van der Waals surface area (Å²) in [5.41, 5.74) is 0. The van der Waals surface area contributed by atoms with Crippen molar-refractivity contribution in [3.63, 3.8) is 0 Å². The van der Waals surface area contributed by atoms with E-state index in [0.717, 1.165) is 0 Å². The van der Waals surface area contributed by atoms with E-state index in [9.17, 15) is 0 Å². The molecule has 0 saturated carbocycles. The highest BCUT2D eigenvalue weighted by atomic mass is 28.4. The van der Waals surface area contributed by atoms with Crippen LogP contribution < -0.4 is 6.15 Å². The van der Waals surface area contributed by atoms with E-state index < -0.39 is 18.1 Å². The van der Waals surface area contributed by atoms with Gasteiger partial charge in [-0.15, -0.1) is 0 Å². The van der Waals surface area contributed by atoms with Crippen LogP contribution in [0.25, 0.3) is 0 Å². The van der Waals surface area contributed by atoms with Gasteiger partial charge >= 0.3 is 18.1 Å². The Kier molecular flexibility index (Phi) is 107. The molecule has 0 aliphatic carbocycles. The maximum Gasteiger partial charge on any atom is 0.679 e. The van der Waals surface area contributed by atoms with Gasteiger partial charge in [0.05, 0.1) is 0 Å². The van der Waals surface area contributed by atoms with E-state index >= 15 is 0 Å². The molecule has 0 aromatic heterocycles. The summed E-state index contributed by atoms with van der Waals surface area (Å²) >= 11 is 0. The van der Waals surface area contributed by atoms with Crippen LogP contribution in [0.4, 0.5) is 0 Å². The third-order valence-corrected chi connectivity index (χ3v) is 3.85. The summed E-state index contributed by atoms with van der Waals surface area (Å²) in [6.07, 6.45) is 0. The fraction of sp³-hybridized carbons (Fsp3) is 1.00. The molecule has 0 radical (unpaired) electrons. The van der Waals surface area contributed by atoms with Crippen LogP contribution in [-0.2, 0) is 17.7 Å². The summed E-state index contributed by atoms with van der Waals surface area (Å²) in [6, 6.07) is 0. The summed E-state index contributed by atoms with van der Waals surface area (Å²) in [7, 11) is -7.41. The molecule has 9 nitrogen and oxygen atoms in total. The van der Waals surface area contributed by atoms with Gasteiger partial charge in [0, 0.05) is 26.4 Å². The average molecular weight is 450 g/mol. The molecular formula is C16H59NO8Si2. The quantitative estimate of drug-likeness (QED) is 0.343. The smallest absolute Gasteiger partial charge is 0.368 e. The Morgan fingerprint density at radius 1 is 0.481 bits per heavy atom. The third-order valence-electron chi connectivity index (χ3n) is 1.28. The van der Waals surface area contributed by atoms with Crippen molar-refractivity contribution in [3.05, 3.63) is 0 Å². The highest BCUT2D eigenvalue weighted by Gasteiger charge is 2.44. The van der Waals surface area contributed by atoms with Crippen molar-refractivity contribution in [2.24, 2.45) is 0 Å². The van der Waals surface area contributed by atoms with Crippen molar-refractivity contribution in [2.75, 3.05) is 26.4 Å². The first-order valence-electron chi connectivity index (χ1n) is 5.69. The van der Waals surface area contributed by atoms with Gasteiger partial charge in [0.2, 0.25) is 0 Å². The lowest BCUT2D eigenvalue weighted by Gasteiger charge is -2.26. The summed E-state index contributed by atoms with van der Waals surface area (Å²) in [6.45, 7) is 9.80. The predicted molar refractivity (Wildman–Crippen MR) is 126 cm³/mol. The summed E-state index contributed by atoms with van der Waals surface area (Å²) < 4.78 is 21.7. The zero-order valence-corrected chi connectivity index (χ0v) is 14.0. The topological polar surface area (TPSA) is 153 Å². The zero-order valence-electron chi connectivity index (χ0n) is 12.0. The molecule has 0 saturated heterocycles. The largest absolute Gasteiger partial charge is 0.679 e. The third kappa shape index (κ3) is 58.5. The van der Waals surface area contributed by atoms with Crippen molar-refractivity contribution >= 4 is 18.1 Å². The van der Waals surface area contributed by atoms with Gasteiger partial charge in [-0.1, -0.05) is 59.4 Å². The lowest BCUT2D eigenvalue weighted by atomic mass is 10.9. The molecule has 184 valence electrons. The Morgan fingerprint density at radius 3 is 0.667 bits per heavy atom. The van der Waals surface area contributed by atoms with Gasteiger partial charge in [0.25, 0.3) is 0 Å². The summed E-state index contributed by atoms with van der Waals surface area (Å²) in [5.74, 6) is 0. The van der Waals surface area contributed by atoms with Crippen molar-refractivity contribution in [3.8, 4) is 0 Å². The van der Waals surface area contributed by atoms with Crippen LogP contribution in [0.1, 0.15) is 87.1 Å². The number of hydrogen-bond donors (Lipinski definition) is 5. The standard InChI is InChI=1S/C8H20O4Si.8CH4.H3N.H4O4Si/c1-5-9-13(10-6-2,11-7-3)12-8-4;;;;;;;;;;1-5(2,3)4/h5-8H2,1-4H3;8*1H4;1H3;1-4H. The molecule has 0 atom stereocenters. The fourth-order valence-electron chi connectivity index (χ4n) is 0.957. The highest BCUT2D eigenvalue weighted by Crippen LogP contribution is 2.11. The molecule has 0 heterocycles. The van der Waals surface area contributed by atoms with E-state index in [1.807, 2.05) is 27.7 Å². The van der Waals surface area contributed by atoms with Crippen molar-refractivity contribution in [1.29, 1.82) is 0 Å². The predicted octanol–water partition coefficient (Wildman–Crippen LogP) is 4.21. The van der Waals surface area contributed by atoms with E-state index in [2.05, 4.69) is 0 Å². The van der Waals surface area contributed by atoms with Gasteiger partial charge < -0.3 is 43.0 Å². The molecule has 0 aliphatic rings. The molecule has 0 aromatic rings. The Balaban J connectivity index is -0.0000000185. The first-order valence-corrected chi connectivity index (χ1v) is 9.12. The van der Waals surface area contributed by atoms with E-state index in [1.165, 1.54) is 0 Å². The molecule has 0 bridgehead atoms. The monoisotopic (exact) mass is 449 g/mol. The van der Waals surface area contributed by atoms with Crippen LogP contribution in [0, 0.1) is 0 Å². The second kappa shape index (κ2) is 40.7. The maximum atomic E-state index is 7.33. The number of hydrogen-bond acceptors (Lipinski definition) is 9. The van der Waals surface area contributed by atoms with Crippen LogP contribution in [0.15, 0.2) is 0 Å². The summed E-state index contributed by atoms with van der Waals surface area (Å²) in [4.78, 5) is 29.3. The van der Waals surface area contributed by atoms with Crippen molar-refractivity contribution in [1.82, 2.24) is 6.15 Å². The summed E-state index contributed by atoms with van der Waals surface area (Å²) in [5, 5.41) is 0. The van der Waals surface area contributed by atoms with Gasteiger partial charge in [-0.05, 0) is 27.7 Å². The van der Waals surface area contributed by atoms with Crippen molar-refractivity contribution < 1.29 is 36.9 Å². The SMILES string of the molecule is C.C.C.C.C.C.C.C.CCO[Si](OCC)(OCC)OCC.N.O[Si](O)(O)O. The Labute approximate surface area is 175 Å². The molecule has 0 aliphatic heterocycles. The van der Waals surface area contributed by atoms with Crippen molar-refractivity contribution in [2.45, 2.75) is 87.1 Å². The highest BCUT2D eigenvalue weighted by molar-refractivity contribution is 6.53. The molecule has 0 aromatic carbocycles. The number of rotatable bonds is 8. The van der Waals surface area contributed by atoms with Crippen LogP contribution in [0.2, 0.25) is 0 Å². The lowest BCUT2D eigenvalue weighted by Crippen LogP contribution is -2.49. The molecule has 0 amide bonds. The van der Waals surface area contributed by atoms with E-state index in [4.69, 9.17) is 36.9 Å². The van der Waals surface area contributed by atoms with E-state index in [0.29, 0.717) is 26.4 Å². The first-order chi connectivity index (χ1) is 8.24. The Bertz CT molecular complexity index is 164. The molecular weight excluding hydrogens is 390 g/mol. The van der Waals surface area contributed by atoms with Gasteiger partial charge in [-0.2, -0.15) is 0 Å².